The highest BCUT2D eigenvalue weighted by Gasteiger charge is 2.15. The van der Waals surface area contributed by atoms with Crippen molar-refractivity contribution in [2.24, 2.45) is 0 Å². The minimum atomic E-state index is -0.434. The van der Waals surface area contributed by atoms with Gasteiger partial charge in [0.1, 0.15) is 5.82 Å². The van der Waals surface area contributed by atoms with Crippen LogP contribution < -0.4 is 0 Å². The Morgan fingerprint density at radius 2 is 1.78 bits per heavy atom. The van der Waals surface area contributed by atoms with Crippen molar-refractivity contribution in [3.05, 3.63) is 68.9 Å². The van der Waals surface area contributed by atoms with Crippen LogP contribution >= 0.6 is 39.1 Å². The summed E-state index contributed by atoms with van der Waals surface area (Å²) >= 11 is 15.4. The molecule has 94 valence electrons. The molecule has 0 aliphatic carbocycles. The molecule has 0 heterocycles. The molecule has 0 nitrogen and oxygen atoms in total. The zero-order valence-electron chi connectivity index (χ0n) is 9.34. The maximum Gasteiger partial charge on any atom is 0.146 e. The lowest BCUT2D eigenvalue weighted by Crippen LogP contribution is -1.99. The van der Waals surface area contributed by atoms with Gasteiger partial charge in [0, 0.05) is 10.0 Å². The molecule has 0 aliphatic rings. The summed E-state index contributed by atoms with van der Waals surface area (Å²) < 4.78 is 14.8. The number of halogens is 4. The lowest BCUT2D eigenvalue weighted by atomic mass is 10.0. The number of benzene rings is 2. The van der Waals surface area contributed by atoms with E-state index in [4.69, 9.17) is 23.2 Å². The summed E-state index contributed by atoms with van der Waals surface area (Å²) in [6, 6.07) is 12.7. The van der Waals surface area contributed by atoms with Crippen LogP contribution in [0.4, 0.5) is 4.39 Å². The predicted octanol–water partition coefficient (Wildman–Crippen LogP) is 5.76. The van der Waals surface area contributed by atoms with Crippen LogP contribution in [0.2, 0.25) is 5.02 Å². The zero-order valence-corrected chi connectivity index (χ0v) is 12.4. The fourth-order valence-electron chi connectivity index (χ4n) is 1.70. The third kappa shape index (κ3) is 3.25. The van der Waals surface area contributed by atoms with Gasteiger partial charge >= 0.3 is 0 Å². The van der Waals surface area contributed by atoms with Crippen molar-refractivity contribution < 1.29 is 4.39 Å². The number of rotatable bonds is 3. The summed E-state index contributed by atoms with van der Waals surface area (Å²) in [5.74, 6) is -0.434. The average Bonchev–Trinajstić information content (AvgIpc) is 2.35. The first-order valence-corrected chi connectivity index (χ1v) is 7.01. The van der Waals surface area contributed by atoms with Gasteiger partial charge in [0.2, 0.25) is 0 Å². The molecule has 0 bridgehead atoms. The molecular formula is C14H10BrCl2F. The van der Waals surface area contributed by atoms with Crippen molar-refractivity contribution in [1.29, 1.82) is 0 Å². The Morgan fingerprint density at radius 1 is 1.11 bits per heavy atom. The molecular weight excluding hydrogens is 338 g/mol. The lowest BCUT2D eigenvalue weighted by molar-refractivity contribution is 0.606. The van der Waals surface area contributed by atoms with Gasteiger partial charge < -0.3 is 0 Å². The van der Waals surface area contributed by atoms with E-state index < -0.39 is 11.2 Å². The van der Waals surface area contributed by atoms with Crippen LogP contribution in [0.5, 0.6) is 0 Å². The molecule has 0 fully saturated rings. The number of hydrogen-bond donors (Lipinski definition) is 0. The van der Waals surface area contributed by atoms with Gasteiger partial charge in [-0.25, -0.2) is 4.39 Å². The first-order valence-electron chi connectivity index (χ1n) is 5.40. The third-order valence-electron chi connectivity index (χ3n) is 2.65. The summed E-state index contributed by atoms with van der Waals surface area (Å²) in [5.41, 5.74) is 1.49. The molecule has 0 aliphatic heterocycles. The summed E-state index contributed by atoms with van der Waals surface area (Å²) in [5, 5.41) is -0.321. The smallest absolute Gasteiger partial charge is 0.146 e. The van der Waals surface area contributed by atoms with E-state index in [0.717, 1.165) is 10.0 Å². The van der Waals surface area contributed by atoms with Gasteiger partial charge in [-0.15, -0.1) is 11.6 Å². The van der Waals surface area contributed by atoms with Crippen LogP contribution in [0.1, 0.15) is 16.5 Å². The van der Waals surface area contributed by atoms with E-state index in [1.165, 1.54) is 6.07 Å². The van der Waals surface area contributed by atoms with E-state index in [9.17, 15) is 4.39 Å². The molecule has 0 spiro atoms. The molecule has 18 heavy (non-hydrogen) atoms. The van der Waals surface area contributed by atoms with E-state index in [0.29, 0.717) is 12.0 Å². The lowest BCUT2D eigenvalue weighted by Gasteiger charge is -2.11. The van der Waals surface area contributed by atoms with Gasteiger partial charge in [0.25, 0.3) is 0 Å². The van der Waals surface area contributed by atoms with Crippen molar-refractivity contribution in [3.8, 4) is 0 Å². The van der Waals surface area contributed by atoms with Crippen molar-refractivity contribution in [1.82, 2.24) is 0 Å². The Hall–Kier alpha value is -0.570. The van der Waals surface area contributed by atoms with Crippen molar-refractivity contribution >= 4 is 39.1 Å². The second kappa shape index (κ2) is 6.05. The normalized spacial score (nSPS) is 12.4. The summed E-state index contributed by atoms with van der Waals surface area (Å²) in [7, 11) is 0. The van der Waals surface area contributed by atoms with Crippen molar-refractivity contribution in [3.63, 3.8) is 0 Å². The Morgan fingerprint density at radius 3 is 2.44 bits per heavy atom. The number of alkyl halides is 1. The maximum absolute atomic E-state index is 13.8. The largest absolute Gasteiger partial charge is 0.205 e. The van der Waals surface area contributed by atoms with Gasteiger partial charge in [0.05, 0.1) is 10.4 Å². The van der Waals surface area contributed by atoms with Crippen molar-refractivity contribution in [2.75, 3.05) is 0 Å². The predicted molar refractivity (Wildman–Crippen MR) is 77.9 cm³/mol. The van der Waals surface area contributed by atoms with Crippen LogP contribution in [0.25, 0.3) is 0 Å². The first-order chi connectivity index (χ1) is 8.58. The highest BCUT2D eigenvalue weighted by molar-refractivity contribution is 9.10. The highest BCUT2D eigenvalue weighted by Crippen LogP contribution is 2.30. The molecule has 1 atom stereocenters. The second-order valence-electron chi connectivity index (χ2n) is 3.94. The van der Waals surface area contributed by atoms with Gasteiger partial charge in [-0.1, -0.05) is 51.8 Å². The Labute approximate surface area is 124 Å². The molecule has 0 N–H and O–H groups in total. The topological polar surface area (TPSA) is 0 Å². The Kier molecular flexibility index (Phi) is 4.66. The molecule has 4 heteroatoms. The summed E-state index contributed by atoms with van der Waals surface area (Å²) in [6.07, 6.45) is 0.562. The van der Waals surface area contributed by atoms with E-state index in [-0.39, 0.29) is 5.02 Å². The third-order valence-corrected chi connectivity index (χ3v) is 3.86. The summed E-state index contributed by atoms with van der Waals surface area (Å²) in [4.78, 5) is 0. The Balaban J connectivity index is 2.19. The van der Waals surface area contributed by atoms with Gasteiger partial charge in [-0.2, -0.15) is 0 Å². The van der Waals surface area contributed by atoms with E-state index in [2.05, 4.69) is 15.9 Å². The fourth-order valence-corrected chi connectivity index (χ4v) is 2.49. The van der Waals surface area contributed by atoms with Crippen LogP contribution in [-0.2, 0) is 6.42 Å². The molecule has 0 aromatic heterocycles. The van der Waals surface area contributed by atoms with E-state index in [1.54, 1.807) is 12.1 Å². The van der Waals surface area contributed by atoms with Crippen LogP contribution in [0.15, 0.2) is 46.9 Å². The number of hydrogen-bond acceptors (Lipinski definition) is 0. The van der Waals surface area contributed by atoms with E-state index in [1.807, 2.05) is 24.3 Å². The van der Waals surface area contributed by atoms with Crippen LogP contribution in [0, 0.1) is 5.82 Å². The Bertz CT molecular complexity index is 540. The van der Waals surface area contributed by atoms with Gasteiger partial charge in [-0.3, -0.25) is 0 Å². The molecule has 0 saturated carbocycles. The van der Waals surface area contributed by atoms with Crippen LogP contribution in [0.3, 0.4) is 0 Å². The SMILES string of the molecule is Fc1c(Cl)cccc1C(Cl)Cc1ccc(Br)cc1. The maximum atomic E-state index is 13.8. The van der Waals surface area contributed by atoms with E-state index >= 15 is 0 Å². The molecule has 0 radical (unpaired) electrons. The average molecular weight is 348 g/mol. The van der Waals surface area contributed by atoms with Crippen molar-refractivity contribution in [2.45, 2.75) is 11.8 Å². The molecule has 2 aromatic rings. The highest BCUT2D eigenvalue weighted by atomic mass is 79.9. The monoisotopic (exact) mass is 346 g/mol. The van der Waals surface area contributed by atoms with Gasteiger partial charge in [-0.05, 0) is 30.2 Å². The zero-order chi connectivity index (χ0) is 13.1. The first kappa shape index (κ1) is 13.9. The second-order valence-corrected chi connectivity index (χ2v) is 5.79. The van der Waals surface area contributed by atoms with Crippen LogP contribution in [-0.4, -0.2) is 0 Å². The minimum absolute atomic E-state index is 0.106. The standard InChI is InChI=1S/C14H10BrCl2F/c15-10-6-4-9(5-7-10)8-13(17)11-2-1-3-12(16)14(11)18/h1-7,13H,8H2. The van der Waals surface area contributed by atoms with Gasteiger partial charge in [0.15, 0.2) is 0 Å². The molecule has 2 aromatic carbocycles. The molecule has 0 saturated heterocycles. The quantitative estimate of drug-likeness (QED) is 0.619. The molecule has 2 rings (SSSR count). The summed E-state index contributed by atoms with van der Waals surface area (Å²) in [6.45, 7) is 0. The fraction of sp³-hybridized carbons (Fsp3) is 0.143. The minimum Gasteiger partial charge on any atom is -0.205 e. The molecule has 0 amide bonds. The molecule has 1 unspecified atom stereocenters.